The standard InChI is InChI=1S/C8H16N2O3/c1-6(8(12)13)5-9-3-4-10-7(2)11/h6,9H,3-5H2,1-2H3,(H,10,11)(H,12,13). The molecule has 0 radical (unpaired) electrons. The molecule has 0 aromatic heterocycles. The van der Waals surface area contributed by atoms with Crippen molar-refractivity contribution in [3.63, 3.8) is 0 Å². The Balaban J connectivity index is 3.26. The lowest BCUT2D eigenvalue weighted by atomic mass is 10.2. The molecule has 3 N–H and O–H groups in total. The molecule has 0 heterocycles. The van der Waals surface area contributed by atoms with Crippen molar-refractivity contribution < 1.29 is 14.7 Å². The molecule has 0 aliphatic heterocycles. The number of rotatable bonds is 6. The summed E-state index contributed by atoms with van der Waals surface area (Å²) in [7, 11) is 0. The molecule has 0 aromatic rings. The lowest BCUT2D eigenvalue weighted by molar-refractivity contribution is -0.141. The van der Waals surface area contributed by atoms with Gasteiger partial charge in [-0.25, -0.2) is 0 Å². The second-order valence-electron chi connectivity index (χ2n) is 2.93. The number of nitrogens with one attached hydrogen (secondary N) is 2. The van der Waals surface area contributed by atoms with Gasteiger partial charge in [0.25, 0.3) is 0 Å². The van der Waals surface area contributed by atoms with Gasteiger partial charge in [-0.1, -0.05) is 6.92 Å². The van der Waals surface area contributed by atoms with E-state index in [0.717, 1.165) is 0 Å². The van der Waals surface area contributed by atoms with E-state index in [1.165, 1.54) is 6.92 Å². The Hall–Kier alpha value is -1.10. The van der Waals surface area contributed by atoms with E-state index in [1.807, 2.05) is 0 Å². The first-order valence-corrected chi connectivity index (χ1v) is 4.22. The summed E-state index contributed by atoms with van der Waals surface area (Å²) in [6.07, 6.45) is 0. The van der Waals surface area contributed by atoms with Gasteiger partial charge in [0.2, 0.25) is 5.91 Å². The maximum absolute atomic E-state index is 10.4. The van der Waals surface area contributed by atoms with Gasteiger partial charge in [-0.2, -0.15) is 0 Å². The Labute approximate surface area is 77.5 Å². The smallest absolute Gasteiger partial charge is 0.307 e. The maximum Gasteiger partial charge on any atom is 0.307 e. The Morgan fingerprint density at radius 3 is 2.46 bits per heavy atom. The van der Waals surface area contributed by atoms with Crippen LogP contribution in [0.1, 0.15) is 13.8 Å². The molecule has 1 atom stereocenters. The zero-order valence-electron chi connectivity index (χ0n) is 7.96. The number of aliphatic carboxylic acids is 1. The maximum atomic E-state index is 10.4. The average molecular weight is 188 g/mol. The Morgan fingerprint density at radius 2 is 2.00 bits per heavy atom. The third kappa shape index (κ3) is 7.27. The van der Waals surface area contributed by atoms with Crippen LogP contribution in [0, 0.1) is 5.92 Å². The van der Waals surface area contributed by atoms with Crippen LogP contribution < -0.4 is 10.6 Å². The molecule has 0 bridgehead atoms. The minimum atomic E-state index is -0.813. The van der Waals surface area contributed by atoms with Crippen LogP contribution in [0.4, 0.5) is 0 Å². The molecule has 0 saturated carbocycles. The molecule has 1 unspecified atom stereocenters. The van der Waals surface area contributed by atoms with Crippen molar-refractivity contribution in [1.29, 1.82) is 0 Å². The van der Waals surface area contributed by atoms with Gasteiger partial charge in [0, 0.05) is 26.6 Å². The van der Waals surface area contributed by atoms with Gasteiger partial charge in [-0.3, -0.25) is 9.59 Å². The Bertz CT molecular complexity index is 182. The van der Waals surface area contributed by atoms with Crippen molar-refractivity contribution in [3.8, 4) is 0 Å². The average Bonchev–Trinajstić information content (AvgIpc) is 2.02. The number of hydrogen-bond acceptors (Lipinski definition) is 3. The van der Waals surface area contributed by atoms with E-state index < -0.39 is 11.9 Å². The van der Waals surface area contributed by atoms with Crippen molar-refractivity contribution in [2.75, 3.05) is 19.6 Å². The van der Waals surface area contributed by atoms with E-state index >= 15 is 0 Å². The number of carbonyl (C=O) groups is 2. The topological polar surface area (TPSA) is 78.4 Å². The van der Waals surface area contributed by atoms with E-state index in [1.54, 1.807) is 6.92 Å². The number of amides is 1. The second kappa shape index (κ2) is 6.42. The predicted octanol–water partition coefficient (Wildman–Crippen LogP) is -0.567. The third-order valence-electron chi connectivity index (χ3n) is 1.55. The fourth-order valence-corrected chi connectivity index (χ4v) is 0.733. The van der Waals surface area contributed by atoms with E-state index in [0.29, 0.717) is 19.6 Å². The number of carboxylic acid groups (broad SMARTS) is 1. The summed E-state index contributed by atoms with van der Waals surface area (Å²) in [5.74, 6) is -1.28. The molecular weight excluding hydrogens is 172 g/mol. The highest BCUT2D eigenvalue weighted by Gasteiger charge is 2.08. The van der Waals surface area contributed by atoms with E-state index in [4.69, 9.17) is 5.11 Å². The summed E-state index contributed by atoms with van der Waals surface area (Å²) in [5.41, 5.74) is 0. The molecule has 0 spiro atoms. The molecule has 0 rings (SSSR count). The second-order valence-corrected chi connectivity index (χ2v) is 2.93. The summed E-state index contributed by atoms with van der Waals surface area (Å²) in [5, 5.41) is 14.0. The monoisotopic (exact) mass is 188 g/mol. The lowest BCUT2D eigenvalue weighted by Gasteiger charge is -2.07. The summed E-state index contributed by atoms with van der Waals surface area (Å²) >= 11 is 0. The molecule has 5 heteroatoms. The van der Waals surface area contributed by atoms with Crippen molar-refractivity contribution in [2.24, 2.45) is 5.92 Å². The molecule has 13 heavy (non-hydrogen) atoms. The number of carbonyl (C=O) groups excluding carboxylic acids is 1. The molecule has 1 amide bonds. The molecule has 0 aromatic carbocycles. The van der Waals surface area contributed by atoms with E-state index in [-0.39, 0.29) is 5.91 Å². The highest BCUT2D eigenvalue weighted by molar-refractivity contribution is 5.72. The van der Waals surface area contributed by atoms with Crippen LogP contribution >= 0.6 is 0 Å². The van der Waals surface area contributed by atoms with Crippen LogP contribution in [0.25, 0.3) is 0 Å². The molecule has 0 saturated heterocycles. The summed E-state index contributed by atoms with van der Waals surface area (Å²) in [4.78, 5) is 20.8. The van der Waals surface area contributed by atoms with E-state index in [2.05, 4.69) is 10.6 Å². The largest absolute Gasteiger partial charge is 0.481 e. The van der Waals surface area contributed by atoms with E-state index in [9.17, 15) is 9.59 Å². The van der Waals surface area contributed by atoms with Gasteiger partial charge >= 0.3 is 5.97 Å². The lowest BCUT2D eigenvalue weighted by Crippen LogP contribution is -2.33. The number of carboxylic acids is 1. The fraction of sp³-hybridized carbons (Fsp3) is 0.750. The predicted molar refractivity (Wildman–Crippen MR) is 48.4 cm³/mol. The third-order valence-corrected chi connectivity index (χ3v) is 1.55. The normalized spacial score (nSPS) is 12.2. The van der Waals surface area contributed by atoms with Crippen LogP contribution in [0.5, 0.6) is 0 Å². The summed E-state index contributed by atoms with van der Waals surface area (Å²) in [6, 6.07) is 0. The molecule has 0 aliphatic carbocycles. The molecular formula is C8H16N2O3. The first-order chi connectivity index (χ1) is 6.04. The van der Waals surface area contributed by atoms with Crippen molar-refractivity contribution in [2.45, 2.75) is 13.8 Å². The molecule has 5 nitrogen and oxygen atoms in total. The van der Waals surface area contributed by atoms with Crippen LogP contribution in [-0.2, 0) is 9.59 Å². The highest BCUT2D eigenvalue weighted by atomic mass is 16.4. The van der Waals surface area contributed by atoms with Crippen LogP contribution in [0.3, 0.4) is 0 Å². The van der Waals surface area contributed by atoms with Gasteiger partial charge in [0.05, 0.1) is 5.92 Å². The van der Waals surface area contributed by atoms with Gasteiger partial charge in [0.15, 0.2) is 0 Å². The van der Waals surface area contributed by atoms with Crippen molar-refractivity contribution in [3.05, 3.63) is 0 Å². The van der Waals surface area contributed by atoms with Gasteiger partial charge in [-0.15, -0.1) is 0 Å². The first kappa shape index (κ1) is 11.9. The van der Waals surface area contributed by atoms with Crippen LogP contribution in [0.15, 0.2) is 0 Å². The molecule has 0 aliphatic rings. The highest BCUT2D eigenvalue weighted by Crippen LogP contribution is 1.90. The molecule has 0 fully saturated rings. The Morgan fingerprint density at radius 1 is 1.38 bits per heavy atom. The quantitative estimate of drug-likeness (QED) is 0.488. The first-order valence-electron chi connectivity index (χ1n) is 4.22. The number of hydrogen-bond donors (Lipinski definition) is 3. The zero-order valence-corrected chi connectivity index (χ0v) is 7.96. The SMILES string of the molecule is CC(=O)NCCNCC(C)C(=O)O. The van der Waals surface area contributed by atoms with Crippen molar-refractivity contribution >= 4 is 11.9 Å². The van der Waals surface area contributed by atoms with Crippen LogP contribution in [-0.4, -0.2) is 36.6 Å². The fourth-order valence-electron chi connectivity index (χ4n) is 0.733. The van der Waals surface area contributed by atoms with Crippen molar-refractivity contribution in [1.82, 2.24) is 10.6 Å². The van der Waals surface area contributed by atoms with Crippen LogP contribution in [0.2, 0.25) is 0 Å². The molecule has 76 valence electrons. The minimum absolute atomic E-state index is 0.0758. The minimum Gasteiger partial charge on any atom is -0.481 e. The van der Waals surface area contributed by atoms with Gasteiger partial charge in [-0.05, 0) is 0 Å². The Kier molecular flexibility index (Phi) is 5.88. The zero-order chi connectivity index (χ0) is 10.3. The summed E-state index contributed by atoms with van der Waals surface area (Å²) < 4.78 is 0. The van der Waals surface area contributed by atoms with Gasteiger partial charge in [0.1, 0.15) is 0 Å². The summed E-state index contributed by atoms with van der Waals surface area (Å²) in [6.45, 7) is 4.63. The van der Waals surface area contributed by atoms with Gasteiger partial charge < -0.3 is 15.7 Å².